The van der Waals surface area contributed by atoms with Crippen molar-refractivity contribution in [1.82, 2.24) is 10.2 Å². The Morgan fingerprint density at radius 3 is 2.93 bits per heavy atom. The molecule has 3 aliphatic heterocycles. The molecule has 3 fully saturated rings. The van der Waals surface area contributed by atoms with E-state index in [0.717, 1.165) is 17.9 Å². The normalized spacial score (nSPS) is 45.6. The standard InChI is InChI=1S/C13H24N2/c1-4-13(14-6-1)9-11-5-8-15-7-2-3-12(11)10-15/h11-14H,1-10H2. The molecule has 3 aliphatic rings. The zero-order valence-electron chi connectivity index (χ0n) is 9.75. The SMILES string of the molecule is C1CNC(CC2CCN3CCCC2C3)C1. The van der Waals surface area contributed by atoms with Crippen LogP contribution in [0.15, 0.2) is 0 Å². The molecule has 3 rings (SSSR count). The fraction of sp³-hybridized carbons (Fsp3) is 1.00. The van der Waals surface area contributed by atoms with Crippen LogP contribution in [0.3, 0.4) is 0 Å². The summed E-state index contributed by atoms with van der Waals surface area (Å²) < 4.78 is 0. The van der Waals surface area contributed by atoms with Gasteiger partial charge in [0.15, 0.2) is 0 Å². The van der Waals surface area contributed by atoms with Gasteiger partial charge in [-0.3, -0.25) is 0 Å². The van der Waals surface area contributed by atoms with E-state index in [4.69, 9.17) is 0 Å². The maximum absolute atomic E-state index is 3.66. The largest absolute Gasteiger partial charge is 0.314 e. The third kappa shape index (κ3) is 2.21. The Bertz CT molecular complexity index is 211. The molecule has 0 aromatic carbocycles. The van der Waals surface area contributed by atoms with Crippen LogP contribution in [0.2, 0.25) is 0 Å². The van der Waals surface area contributed by atoms with Gasteiger partial charge in [0.1, 0.15) is 0 Å². The van der Waals surface area contributed by atoms with Crippen LogP contribution in [-0.4, -0.2) is 37.1 Å². The van der Waals surface area contributed by atoms with Crippen LogP contribution in [0, 0.1) is 11.8 Å². The molecule has 3 heterocycles. The summed E-state index contributed by atoms with van der Waals surface area (Å²) in [7, 11) is 0. The van der Waals surface area contributed by atoms with E-state index < -0.39 is 0 Å². The van der Waals surface area contributed by atoms with Crippen molar-refractivity contribution in [2.24, 2.45) is 11.8 Å². The second-order valence-corrected chi connectivity index (χ2v) is 5.78. The molecular weight excluding hydrogens is 184 g/mol. The number of piperidine rings is 2. The summed E-state index contributed by atoms with van der Waals surface area (Å²) in [4.78, 5) is 2.69. The predicted octanol–water partition coefficient (Wildman–Crippen LogP) is 1.86. The number of nitrogens with one attached hydrogen (secondary N) is 1. The molecule has 2 heteroatoms. The first-order valence-corrected chi connectivity index (χ1v) is 6.87. The highest BCUT2D eigenvalue weighted by Gasteiger charge is 2.33. The fourth-order valence-corrected chi connectivity index (χ4v) is 3.90. The van der Waals surface area contributed by atoms with Gasteiger partial charge >= 0.3 is 0 Å². The smallest absolute Gasteiger partial charge is 0.00702 e. The lowest BCUT2D eigenvalue weighted by molar-refractivity contribution is 0.0656. The number of hydrogen-bond acceptors (Lipinski definition) is 2. The molecule has 0 aliphatic carbocycles. The van der Waals surface area contributed by atoms with Crippen molar-refractivity contribution in [1.29, 1.82) is 0 Å². The Kier molecular flexibility index (Phi) is 2.98. The lowest BCUT2D eigenvalue weighted by Gasteiger charge is -2.43. The van der Waals surface area contributed by atoms with Crippen LogP contribution in [0.1, 0.15) is 38.5 Å². The topological polar surface area (TPSA) is 15.3 Å². The first-order chi connectivity index (χ1) is 7.42. The average molecular weight is 208 g/mol. The third-order valence-corrected chi connectivity index (χ3v) is 4.77. The zero-order valence-corrected chi connectivity index (χ0v) is 9.75. The van der Waals surface area contributed by atoms with Gasteiger partial charge in [0, 0.05) is 12.6 Å². The van der Waals surface area contributed by atoms with Crippen LogP contribution < -0.4 is 5.32 Å². The van der Waals surface area contributed by atoms with E-state index in [0.29, 0.717) is 0 Å². The van der Waals surface area contributed by atoms with Crippen molar-refractivity contribution < 1.29 is 0 Å². The number of rotatable bonds is 2. The molecule has 0 aromatic heterocycles. The Morgan fingerprint density at radius 2 is 2.07 bits per heavy atom. The molecule has 86 valence electrons. The van der Waals surface area contributed by atoms with Crippen molar-refractivity contribution >= 4 is 0 Å². The molecule has 0 saturated carbocycles. The Balaban J connectivity index is 1.56. The highest BCUT2D eigenvalue weighted by molar-refractivity contribution is 4.87. The van der Waals surface area contributed by atoms with E-state index in [1.165, 1.54) is 64.7 Å². The number of nitrogens with zero attached hydrogens (tertiary/aromatic N) is 1. The molecule has 1 N–H and O–H groups in total. The Hall–Kier alpha value is -0.0800. The molecule has 15 heavy (non-hydrogen) atoms. The summed E-state index contributed by atoms with van der Waals surface area (Å²) in [5.74, 6) is 2.08. The lowest BCUT2D eigenvalue weighted by atomic mass is 9.76. The van der Waals surface area contributed by atoms with Crippen LogP contribution in [0.5, 0.6) is 0 Å². The molecule has 4 unspecified atom stereocenters. The van der Waals surface area contributed by atoms with Gasteiger partial charge in [0.2, 0.25) is 0 Å². The second kappa shape index (κ2) is 4.42. The quantitative estimate of drug-likeness (QED) is 0.745. The number of hydrogen-bond donors (Lipinski definition) is 1. The molecular formula is C13H24N2. The van der Waals surface area contributed by atoms with Crippen molar-refractivity contribution in [2.75, 3.05) is 26.2 Å². The third-order valence-electron chi connectivity index (χ3n) is 4.77. The molecule has 2 nitrogen and oxygen atoms in total. The average Bonchev–Trinajstić information content (AvgIpc) is 2.76. The summed E-state index contributed by atoms with van der Waals surface area (Å²) in [6.07, 6.45) is 8.76. The van der Waals surface area contributed by atoms with Crippen LogP contribution in [-0.2, 0) is 0 Å². The van der Waals surface area contributed by atoms with Crippen LogP contribution >= 0.6 is 0 Å². The predicted molar refractivity (Wildman–Crippen MR) is 62.9 cm³/mol. The molecule has 4 atom stereocenters. The summed E-state index contributed by atoms with van der Waals surface area (Å²) in [5.41, 5.74) is 0. The van der Waals surface area contributed by atoms with Crippen LogP contribution in [0.25, 0.3) is 0 Å². The molecule has 0 aromatic rings. The second-order valence-electron chi connectivity index (χ2n) is 5.78. The first-order valence-electron chi connectivity index (χ1n) is 6.87. The van der Waals surface area contributed by atoms with Gasteiger partial charge in [0.05, 0.1) is 0 Å². The Morgan fingerprint density at radius 1 is 1.07 bits per heavy atom. The fourth-order valence-electron chi connectivity index (χ4n) is 3.90. The summed E-state index contributed by atoms with van der Waals surface area (Å²) in [6, 6.07) is 0.864. The van der Waals surface area contributed by atoms with E-state index in [1.54, 1.807) is 0 Å². The highest BCUT2D eigenvalue weighted by Crippen LogP contribution is 2.35. The van der Waals surface area contributed by atoms with Gasteiger partial charge < -0.3 is 10.2 Å². The maximum atomic E-state index is 3.66. The van der Waals surface area contributed by atoms with Gasteiger partial charge in [-0.05, 0) is 70.0 Å². The van der Waals surface area contributed by atoms with Gasteiger partial charge in [-0.2, -0.15) is 0 Å². The van der Waals surface area contributed by atoms with E-state index in [1.807, 2.05) is 0 Å². The monoisotopic (exact) mass is 208 g/mol. The zero-order chi connectivity index (χ0) is 10.1. The van der Waals surface area contributed by atoms with Crippen molar-refractivity contribution in [3.8, 4) is 0 Å². The minimum Gasteiger partial charge on any atom is -0.314 e. The molecule has 3 saturated heterocycles. The van der Waals surface area contributed by atoms with Gasteiger partial charge in [0.25, 0.3) is 0 Å². The number of fused-ring (bicyclic) bond motifs is 2. The molecule has 0 spiro atoms. The minimum atomic E-state index is 0.864. The van der Waals surface area contributed by atoms with Crippen molar-refractivity contribution in [3.05, 3.63) is 0 Å². The van der Waals surface area contributed by atoms with Crippen LogP contribution in [0.4, 0.5) is 0 Å². The summed E-state index contributed by atoms with van der Waals surface area (Å²) in [6.45, 7) is 5.45. The summed E-state index contributed by atoms with van der Waals surface area (Å²) >= 11 is 0. The van der Waals surface area contributed by atoms with E-state index in [2.05, 4.69) is 10.2 Å². The first kappa shape index (κ1) is 10.1. The minimum absolute atomic E-state index is 0.864. The molecule has 0 amide bonds. The van der Waals surface area contributed by atoms with E-state index in [9.17, 15) is 0 Å². The van der Waals surface area contributed by atoms with Crippen molar-refractivity contribution in [2.45, 2.75) is 44.6 Å². The van der Waals surface area contributed by atoms with E-state index >= 15 is 0 Å². The Labute approximate surface area is 93.4 Å². The molecule has 0 radical (unpaired) electrons. The molecule has 2 bridgehead atoms. The summed E-state index contributed by atoms with van der Waals surface area (Å²) in [5, 5.41) is 3.66. The van der Waals surface area contributed by atoms with Gasteiger partial charge in [-0.25, -0.2) is 0 Å². The van der Waals surface area contributed by atoms with E-state index in [-0.39, 0.29) is 0 Å². The van der Waals surface area contributed by atoms with Crippen molar-refractivity contribution in [3.63, 3.8) is 0 Å². The highest BCUT2D eigenvalue weighted by atomic mass is 15.1. The lowest BCUT2D eigenvalue weighted by Crippen LogP contribution is -2.45. The van der Waals surface area contributed by atoms with Gasteiger partial charge in [-0.1, -0.05) is 0 Å². The van der Waals surface area contributed by atoms with Gasteiger partial charge in [-0.15, -0.1) is 0 Å². The maximum Gasteiger partial charge on any atom is 0.00702 e.